The molecule has 0 heteroatoms. The summed E-state index contributed by atoms with van der Waals surface area (Å²) in [6, 6.07) is 76.8. The number of hydrogen-bond donors (Lipinski definition) is 0. The number of rotatable bonds is 4. The molecule has 0 aliphatic carbocycles. The van der Waals surface area contributed by atoms with Gasteiger partial charge in [0, 0.05) is 0 Å². The highest BCUT2D eigenvalue weighted by molar-refractivity contribution is 6.28. The average Bonchev–Trinajstić information content (AvgIpc) is 3.27. The molecule has 56 heavy (non-hydrogen) atoms. The van der Waals surface area contributed by atoms with E-state index in [1.54, 1.807) is 0 Å². The Bertz CT molecular complexity index is 3290. The van der Waals surface area contributed by atoms with Crippen LogP contribution >= 0.6 is 0 Å². The van der Waals surface area contributed by atoms with Crippen LogP contribution in [0.4, 0.5) is 0 Å². The molecular weight excluding hydrogens is 673 g/mol. The van der Waals surface area contributed by atoms with Crippen molar-refractivity contribution in [3.63, 3.8) is 0 Å². The molecule has 258 valence electrons. The molecule has 0 radical (unpaired) electrons. The summed E-state index contributed by atoms with van der Waals surface area (Å²) in [6.07, 6.45) is 0. The van der Waals surface area contributed by atoms with E-state index in [4.69, 9.17) is 0 Å². The van der Waals surface area contributed by atoms with Gasteiger partial charge in [-0.2, -0.15) is 0 Å². The normalized spacial score (nSPS) is 11.9. The molecule has 0 N–H and O–H groups in total. The van der Waals surface area contributed by atoms with Crippen molar-refractivity contribution < 1.29 is 0 Å². The van der Waals surface area contributed by atoms with Gasteiger partial charge in [0.25, 0.3) is 0 Å². The highest BCUT2D eigenvalue weighted by Crippen LogP contribution is 2.45. The standard InChI is InChI=1S/C56H34/c1-3-11-39-29-43(19-17-35(39)9-1)53-33-45(31-41-13-5-7-15-47(41)53)49-25-21-37-24-28-52-50(26-22-38-23-27-51(49)55(37)56(38)52)46-32-42-14-6-8-16-48(42)54(34-46)44-20-18-36-10-2-4-12-40(36)30-44/h1-34H. The first-order chi connectivity index (χ1) is 27.7. The summed E-state index contributed by atoms with van der Waals surface area (Å²) in [6.45, 7) is 0. The predicted octanol–water partition coefficient (Wildman–Crippen LogP) is 15.9. The van der Waals surface area contributed by atoms with Crippen molar-refractivity contribution in [2.45, 2.75) is 0 Å². The van der Waals surface area contributed by atoms with Gasteiger partial charge in [-0.3, -0.25) is 0 Å². The second kappa shape index (κ2) is 12.1. The second-order valence-corrected chi connectivity index (χ2v) is 15.3. The second-order valence-electron chi connectivity index (χ2n) is 15.3. The van der Waals surface area contributed by atoms with E-state index in [0.29, 0.717) is 0 Å². The number of fused-ring (bicyclic) bond motifs is 4. The van der Waals surface area contributed by atoms with Crippen LogP contribution in [-0.4, -0.2) is 0 Å². The van der Waals surface area contributed by atoms with Gasteiger partial charge in [0.1, 0.15) is 0 Å². The maximum Gasteiger partial charge on any atom is -0.00203 e. The molecule has 0 bridgehead atoms. The minimum atomic E-state index is 1.24. The number of benzene rings is 12. The van der Waals surface area contributed by atoms with Crippen molar-refractivity contribution in [3.8, 4) is 44.5 Å². The van der Waals surface area contributed by atoms with E-state index in [9.17, 15) is 0 Å². The molecule has 0 fully saturated rings. The fourth-order valence-corrected chi connectivity index (χ4v) is 9.43. The monoisotopic (exact) mass is 706 g/mol. The molecule has 0 aliphatic heterocycles. The van der Waals surface area contributed by atoms with Crippen LogP contribution < -0.4 is 0 Å². The summed E-state index contributed by atoms with van der Waals surface area (Å²) in [4.78, 5) is 0. The average molecular weight is 707 g/mol. The predicted molar refractivity (Wildman–Crippen MR) is 242 cm³/mol. The Hall–Kier alpha value is -7.28. The molecule has 0 aromatic heterocycles. The zero-order chi connectivity index (χ0) is 36.7. The van der Waals surface area contributed by atoms with Crippen LogP contribution in [0.25, 0.3) is 120 Å². The Labute approximate surface area is 324 Å². The smallest absolute Gasteiger partial charge is 0.00203 e. The zero-order valence-electron chi connectivity index (χ0n) is 30.6. The summed E-state index contributed by atoms with van der Waals surface area (Å²) in [5.74, 6) is 0. The van der Waals surface area contributed by atoms with Gasteiger partial charge in [-0.15, -0.1) is 0 Å². The highest BCUT2D eigenvalue weighted by Gasteiger charge is 2.18. The van der Waals surface area contributed by atoms with Crippen LogP contribution in [-0.2, 0) is 0 Å². The van der Waals surface area contributed by atoms with Gasteiger partial charge in [0.2, 0.25) is 0 Å². The SMILES string of the molecule is c1ccc2cc(-c3cc(-c4ccc5ccc6c(-c7cc(-c8ccc9ccccc9c8)c8ccccc8c7)ccc7ccc4c5c76)cc4ccccc34)ccc2c1. The van der Waals surface area contributed by atoms with Crippen molar-refractivity contribution in [2.75, 3.05) is 0 Å². The van der Waals surface area contributed by atoms with E-state index >= 15 is 0 Å². The van der Waals surface area contributed by atoms with E-state index in [1.807, 2.05) is 0 Å². The van der Waals surface area contributed by atoms with E-state index in [-0.39, 0.29) is 0 Å². The molecule has 0 spiro atoms. The summed E-state index contributed by atoms with van der Waals surface area (Å²) in [5.41, 5.74) is 9.98. The lowest BCUT2D eigenvalue weighted by atomic mass is 9.85. The van der Waals surface area contributed by atoms with Crippen LogP contribution in [0.2, 0.25) is 0 Å². The van der Waals surface area contributed by atoms with Gasteiger partial charge in [-0.05, 0) is 156 Å². The van der Waals surface area contributed by atoms with Crippen molar-refractivity contribution in [1.29, 1.82) is 0 Å². The lowest BCUT2D eigenvalue weighted by Crippen LogP contribution is -1.91. The third kappa shape index (κ3) is 4.79. The van der Waals surface area contributed by atoms with Gasteiger partial charge in [-0.1, -0.05) is 170 Å². The van der Waals surface area contributed by atoms with Gasteiger partial charge in [-0.25, -0.2) is 0 Å². The van der Waals surface area contributed by atoms with Gasteiger partial charge < -0.3 is 0 Å². The fraction of sp³-hybridized carbons (Fsp3) is 0. The molecule has 12 aromatic carbocycles. The first-order valence-corrected chi connectivity index (χ1v) is 19.5. The Morgan fingerprint density at radius 2 is 0.536 bits per heavy atom. The third-order valence-corrected chi connectivity index (χ3v) is 12.1. The van der Waals surface area contributed by atoms with E-state index < -0.39 is 0 Å². The van der Waals surface area contributed by atoms with Gasteiger partial charge >= 0.3 is 0 Å². The summed E-state index contributed by atoms with van der Waals surface area (Å²) >= 11 is 0. The largest absolute Gasteiger partial charge is 0.0616 e. The van der Waals surface area contributed by atoms with Crippen LogP contribution in [0.15, 0.2) is 206 Å². The van der Waals surface area contributed by atoms with E-state index in [2.05, 4.69) is 206 Å². The first-order valence-electron chi connectivity index (χ1n) is 19.5. The fourth-order valence-electron chi connectivity index (χ4n) is 9.43. The molecule has 0 atom stereocenters. The molecule has 0 amide bonds. The quantitative estimate of drug-likeness (QED) is 0.160. The van der Waals surface area contributed by atoms with Gasteiger partial charge in [0.15, 0.2) is 0 Å². The van der Waals surface area contributed by atoms with Crippen molar-refractivity contribution in [3.05, 3.63) is 206 Å². The van der Waals surface area contributed by atoms with Crippen molar-refractivity contribution in [1.82, 2.24) is 0 Å². The Balaban J connectivity index is 1.07. The van der Waals surface area contributed by atoms with E-state index in [0.717, 1.165) is 0 Å². The lowest BCUT2D eigenvalue weighted by Gasteiger charge is -2.18. The molecule has 0 unspecified atom stereocenters. The Kier molecular flexibility index (Phi) is 6.73. The molecule has 12 aromatic rings. The summed E-state index contributed by atoms with van der Waals surface area (Å²) < 4.78 is 0. The van der Waals surface area contributed by atoms with Gasteiger partial charge in [0.05, 0.1) is 0 Å². The summed E-state index contributed by atoms with van der Waals surface area (Å²) in [7, 11) is 0. The molecular formula is C56H34. The highest BCUT2D eigenvalue weighted by atomic mass is 14.2. The Morgan fingerprint density at radius 3 is 1.00 bits per heavy atom. The maximum atomic E-state index is 2.41. The van der Waals surface area contributed by atoms with Crippen molar-refractivity contribution >= 4 is 75.4 Å². The van der Waals surface area contributed by atoms with Crippen LogP contribution in [0.3, 0.4) is 0 Å². The minimum absolute atomic E-state index is 1.24. The number of hydrogen-bond acceptors (Lipinski definition) is 0. The van der Waals surface area contributed by atoms with E-state index in [1.165, 1.54) is 120 Å². The maximum absolute atomic E-state index is 2.41. The molecule has 0 aliphatic rings. The Morgan fingerprint density at radius 1 is 0.179 bits per heavy atom. The van der Waals surface area contributed by atoms with Crippen molar-refractivity contribution in [2.24, 2.45) is 0 Å². The van der Waals surface area contributed by atoms with Crippen LogP contribution in [0, 0.1) is 0 Å². The molecule has 0 saturated heterocycles. The first kappa shape index (κ1) is 31.1. The summed E-state index contributed by atoms with van der Waals surface area (Å²) in [5, 5.41) is 17.8. The third-order valence-electron chi connectivity index (χ3n) is 12.1. The molecule has 0 saturated carbocycles. The lowest BCUT2D eigenvalue weighted by molar-refractivity contribution is 1.65. The zero-order valence-corrected chi connectivity index (χ0v) is 30.6. The minimum Gasteiger partial charge on any atom is -0.0616 e. The molecule has 0 heterocycles. The topological polar surface area (TPSA) is 0 Å². The van der Waals surface area contributed by atoms with Crippen LogP contribution in [0.5, 0.6) is 0 Å². The molecule has 12 rings (SSSR count). The van der Waals surface area contributed by atoms with Crippen LogP contribution in [0.1, 0.15) is 0 Å². The molecule has 0 nitrogen and oxygen atoms in total.